The van der Waals surface area contributed by atoms with Crippen molar-refractivity contribution in [2.24, 2.45) is 5.92 Å². The molecule has 4 rings (SSSR count). The van der Waals surface area contributed by atoms with E-state index in [2.05, 4.69) is 5.32 Å². The summed E-state index contributed by atoms with van der Waals surface area (Å²) >= 11 is 1.60. The van der Waals surface area contributed by atoms with Gasteiger partial charge in [0, 0.05) is 23.7 Å². The molecule has 0 atom stereocenters. The third kappa shape index (κ3) is 6.54. The zero-order valence-electron chi connectivity index (χ0n) is 20.6. The number of benzene rings is 2. The molecule has 0 unspecified atom stereocenters. The van der Waals surface area contributed by atoms with Crippen molar-refractivity contribution in [2.75, 3.05) is 25.2 Å². The van der Waals surface area contributed by atoms with Gasteiger partial charge in [-0.25, -0.2) is 9.18 Å². The first kappa shape index (κ1) is 25.5. The van der Waals surface area contributed by atoms with Crippen molar-refractivity contribution in [3.8, 4) is 11.5 Å². The number of ether oxygens (including phenoxy) is 2. The summed E-state index contributed by atoms with van der Waals surface area (Å²) < 4.78 is 24.5. The number of urea groups is 1. The highest BCUT2D eigenvalue weighted by atomic mass is 32.1. The summed E-state index contributed by atoms with van der Waals surface area (Å²) in [5.41, 5.74) is 2.36. The number of anilines is 1. The molecular formula is C27H30FN3O4S. The Morgan fingerprint density at radius 2 is 1.86 bits per heavy atom. The van der Waals surface area contributed by atoms with E-state index in [1.165, 1.54) is 23.1 Å². The Kier molecular flexibility index (Phi) is 8.10. The van der Waals surface area contributed by atoms with Gasteiger partial charge in [0.25, 0.3) is 0 Å². The Morgan fingerprint density at radius 3 is 2.58 bits per heavy atom. The molecule has 2 heterocycles. The minimum absolute atomic E-state index is 0.103. The molecule has 0 saturated heterocycles. The molecule has 0 saturated carbocycles. The van der Waals surface area contributed by atoms with Gasteiger partial charge in [0.05, 0.1) is 6.54 Å². The summed E-state index contributed by atoms with van der Waals surface area (Å²) in [7, 11) is 0. The van der Waals surface area contributed by atoms with Gasteiger partial charge in [-0.05, 0) is 65.7 Å². The van der Waals surface area contributed by atoms with Crippen LogP contribution in [-0.2, 0) is 17.9 Å². The van der Waals surface area contributed by atoms with Crippen LogP contribution in [0, 0.1) is 18.7 Å². The zero-order chi connectivity index (χ0) is 25.7. The molecule has 0 spiro atoms. The molecule has 0 radical (unpaired) electrons. The van der Waals surface area contributed by atoms with E-state index < -0.39 is 11.8 Å². The van der Waals surface area contributed by atoms with Gasteiger partial charge in [-0.1, -0.05) is 26.0 Å². The minimum atomic E-state index is -0.446. The summed E-state index contributed by atoms with van der Waals surface area (Å²) in [5, 5.41) is 4.72. The molecule has 1 aromatic heterocycles. The van der Waals surface area contributed by atoms with Gasteiger partial charge < -0.3 is 24.6 Å². The molecule has 3 amide bonds. The van der Waals surface area contributed by atoms with Gasteiger partial charge >= 0.3 is 6.03 Å². The molecule has 9 heteroatoms. The first-order chi connectivity index (χ1) is 17.3. The Morgan fingerprint density at radius 1 is 1.06 bits per heavy atom. The largest absolute Gasteiger partial charge is 0.454 e. The van der Waals surface area contributed by atoms with Crippen LogP contribution in [0.2, 0.25) is 0 Å². The van der Waals surface area contributed by atoms with Gasteiger partial charge in [-0.15, -0.1) is 11.3 Å². The second-order valence-corrected chi connectivity index (χ2v) is 10.2. The predicted molar refractivity (Wildman–Crippen MR) is 138 cm³/mol. The van der Waals surface area contributed by atoms with Crippen LogP contribution in [-0.4, -0.2) is 41.6 Å². The van der Waals surface area contributed by atoms with Crippen LogP contribution < -0.4 is 14.8 Å². The molecule has 1 aliphatic heterocycles. The summed E-state index contributed by atoms with van der Waals surface area (Å²) in [6.07, 6.45) is 0. The minimum Gasteiger partial charge on any atom is -0.454 e. The smallest absolute Gasteiger partial charge is 0.322 e. The summed E-state index contributed by atoms with van der Waals surface area (Å²) in [5.74, 6) is 0.847. The van der Waals surface area contributed by atoms with E-state index in [1.54, 1.807) is 22.3 Å². The standard InChI is InChI=1S/C27H30FN3O4S/c1-18(2)13-31(27(33)29-22-6-4-5-21(28)12-22)16-26(32)30(15-25-19(3)9-10-36-25)14-20-7-8-23-24(11-20)35-17-34-23/h4-12,18H,13-17H2,1-3H3,(H,29,33). The number of hydrogen-bond acceptors (Lipinski definition) is 5. The third-order valence-electron chi connectivity index (χ3n) is 5.74. The van der Waals surface area contributed by atoms with E-state index in [1.807, 2.05) is 50.4 Å². The number of halogens is 1. The van der Waals surface area contributed by atoms with E-state index in [0.717, 1.165) is 16.0 Å². The Bertz CT molecular complexity index is 1230. The second kappa shape index (κ2) is 11.4. The highest BCUT2D eigenvalue weighted by Crippen LogP contribution is 2.33. The number of aryl methyl sites for hydroxylation is 1. The average molecular weight is 512 g/mol. The van der Waals surface area contributed by atoms with Crippen LogP contribution >= 0.6 is 11.3 Å². The van der Waals surface area contributed by atoms with Crippen molar-refractivity contribution in [2.45, 2.75) is 33.9 Å². The molecule has 1 N–H and O–H groups in total. The predicted octanol–water partition coefficient (Wildman–Crippen LogP) is 5.64. The number of carbonyl (C=O) groups is 2. The monoisotopic (exact) mass is 511 g/mol. The van der Waals surface area contributed by atoms with Crippen LogP contribution in [0.15, 0.2) is 53.9 Å². The van der Waals surface area contributed by atoms with Gasteiger partial charge in [-0.2, -0.15) is 0 Å². The van der Waals surface area contributed by atoms with Crippen molar-refractivity contribution in [1.82, 2.24) is 9.80 Å². The van der Waals surface area contributed by atoms with Crippen molar-refractivity contribution < 1.29 is 23.5 Å². The lowest BCUT2D eigenvalue weighted by Gasteiger charge is -2.29. The van der Waals surface area contributed by atoms with Crippen molar-refractivity contribution in [3.63, 3.8) is 0 Å². The number of nitrogens with one attached hydrogen (secondary N) is 1. The molecule has 3 aromatic rings. The maximum Gasteiger partial charge on any atom is 0.322 e. The highest BCUT2D eigenvalue weighted by Gasteiger charge is 2.24. The fraction of sp³-hybridized carbons (Fsp3) is 0.333. The van der Waals surface area contributed by atoms with Crippen LogP contribution in [0.4, 0.5) is 14.9 Å². The number of amides is 3. The van der Waals surface area contributed by atoms with Gasteiger partial charge in [0.1, 0.15) is 12.4 Å². The van der Waals surface area contributed by atoms with Crippen LogP contribution in [0.25, 0.3) is 0 Å². The molecule has 0 bridgehead atoms. The first-order valence-electron chi connectivity index (χ1n) is 11.8. The average Bonchev–Trinajstić information content (AvgIpc) is 3.46. The van der Waals surface area contributed by atoms with Crippen molar-refractivity contribution >= 4 is 29.0 Å². The molecule has 1 aliphatic rings. The second-order valence-electron chi connectivity index (χ2n) is 9.18. The molecule has 0 aliphatic carbocycles. The number of rotatable bonds is 9. The van der Waals surface area contributed by atoms with Crippen molar-refractivity contribution in [1.29, 1.82) is 0 Å². The van der Waals surface area contributed by atoms with Crippen LogP contribution in [0.1, 0.15) is 29.9 Å². The quantitative estimate of drug-likeness (QED) is 0.403. The molecule has 2 aromatic carbocycles. The van der Waals surface area contributed by atoms with E-state index >= 15 is 0 Å². The molecular weight excluding hydrogens is 481 g/mol. The highest BCUT2D eigenvalue weighted by molar-refractivity contribution is 7.10. The summed E-state index contributed by atoms with van der Waals surface area (Å²) in [6.45, 7) is 7.22. The van der Waals surface area contributed by atoms with E-state index in [-0.39, 0.29) is 25.2 Å². The van der Waals surface area contributed by atoms with Gasteiger partial charge in [0.15, 0.2) is 11.5 Å². The SMILES string of the molecule is Cc1ccsc1CN(Cc1ccc2c(c1)OCO2)C(=O)CN(CC(C)C)C(=O)Nc1cccc(F)c1. The van der Waals surface area contributed by atoms with Gasteiger partial charge in [0.2, 0.25) is 12.7 Å². The van der Waals surface area contributed by atoms with Crippen LogP contribution in [0.3, 0.4) is 0 Å². The summed E-state index contributed by atoms with van der Waals surface area (Å²) in [4.78, 5) is 31.0. The number of fused-ring (bicyclic) bond motifs is 1. The van der Waals surface area contributed by atoms with Crippen molar-refractivity contribution in [3.05, 3.63) is 75.7 Å². The van der Waals surface area contributed by atoms with E-state index in [0.29, 0.717) is 36.8 Å². The maximum atomic E-state index is 13.6. The number of thiophene rings is 1. The fourth-order valence-electron chi connectivity index (χ4n) is 3.92. The molecule has 0 fully saturated rings. The van der Waals surface area contributed by atoms with E-state index in [9.17, 15) is 14.0 Å². The van der Waals surface area contributed by atoms with E-state index in [4.69, 9.17) is 9.47 Å². The Hall–Kier alpha value is -3.59. The number of hydrogen-bond donors (Lipinski definition) is 1. The normalized spacial score (nSPS) is 12.0. The summed E-state index contributed by atoms with van der Waals surface area (Å²) in [6, 6.07) is 12.9. The van der Waals surface area contributed by atoms with Gasteiger partial charge in [-0.3, -0.25) is 4.79 Å². The Labute approximate surface area is 214 Å². The third-order valence-corrected chi connectivity index (χ3v) is 6.75. The lowest BCUT2D eigenvalue weighted by atomic mass is 10.1. The number of nitrogens with zero attached hydrogens (tertiary/aromatic N) is 2. The zero-order valence-corrected chi connectivity index (χ0v) is 21.4. The lowest BCUT2D eigenvalue weighted by molar-refractivity contribution is -0.133. The molecule has 7 nitrogen and oxygen atoms in total. The first-order valence-corrected chi connectivity index (χ1v) is 12.7. The number of carbonyl (C=O) groups excluding carboxylic acids is 2. The fourth-order valence-corrected chi connectivity index (χ4v) is 4.84. The maximum absolute atomic E-state index is 13.6. The van der Waals surface area contributed by atoms with Crippen LogP contribution in [0.5, 0.6) is 11.5 Å². The Balaban J connectivity index is 1.53. The molecule has 190 valence electrons. The molecule has 36 heavy (non-hydrogen) atoms. The topological polar surface area (TPSA) is 71.1 Å². The lowest BCUT2D eigenvalue weighted by Crippen LogP contribution is -2.45.